The highest BCUT2D eigenvalue weighted by molar-refractivity contribution is 6.30. The number of likely N-dealkylation sites (tertiary alicyclic amines) is 1. The number of aliphatic hydroxyl groups excluding tert-OH is 1. The predicted octanol–water partition coefficient (Wildman–Crippen LogP) is 1.47. The molecule has 1 amide bonds. The Labute approximate surface area is 142 Å². The molecule has 0 bridgehead atoms. The Morgan fingerprint density at radius 2 is 2.22 bits per heavy atom. The summed E-state index contributed by atoms with van der Waals surface area (Å²) in [7, 11) is 1.59. The Morgan fingerprint density at radius 3 is 2.87 bits per heavy atom. The third-order valence-electron chi connectivity index (χ3n) is 4.03. The minimum atomic E-state index is -0.450. The van der Waals surface area contributed by atoms with Crippen LogP contribution in [0.4, 0.5) is 0 Å². The lowest BCUT2D eigenvalue weighted by Gasteiger charge is -2.33. The quantitative estimate of drug-likeness (QED) is 0.789. The van der Waals surface area contributed by atoms with E-state index in [2.05, 4.69) is 10.2 Å². The second-order valence-corrected chi connectivity index (χ2v) is 6.49. The van der Waals surface area contributed by atoms with Crippen molar-refractivity contribution in [3.8, 4) is 0 Å². The Hall–Kier alpha value is -1.14. The van der Waals surface area contributed by atoms with Crippen LogP contribution in [-0.2, 0) is 16.0 Å². The van der Waals surface area contributed by atoms with Gasteiger partial charge in [-0.25, -0.2) is 0 Å². The van der Waals surface area contributed by atoms with Crippen LogP contribution in [0.1, 0.15) is 18.4 Å². The van der Waals surface area contributed by atoms with Gasteiger partial charge in [0.15, 0.2) is 0 Å². The molecule has 2 rings (SSSR count). The van der Waals surface area contributed by atoms with E-state index in [1.807, 2.05) is 18.2 Å². The topological polar surface area (TPSA) is 61.8 Å². The molecule has 1 aromatic carbocycles. The number of benzene rings is 1. The zero-order chi connectivity index (χ0) is 16.7. The maximum absolute atomic E-state index is 12.1. The molecular weight excluding hydrogens is 316 g/mol. The number of carbonyl (C=O) groups excluding carboxylic acids is 1. The molecule has 5 nitrogen and oxygen atoms in total. The number of nitrogens with one attached hydrogen (secondary N) is 1. The molecule has 0 saturated carbocycles. The Kier molecular flexibility index (Phi) is 7.30. The van der Waals surface area contributed by atoms with E-state index in [9.17, 15) is 9.90 Å². The molecule has 1 atom stereocenters. The molecule has 1 unspecified atom stereocenters. The van der Waals surface area contributed by atoms with Crippen LogP contribution in [0.25, 0.3) is 0 Å². The molecule has 0 aliphatic carbocycles. The van der Waals surface area contributed by atoms with E-state index in [0.29, 0.717) is 24.6 Å². The number of methoxy groups -OCH3 is 1. The van der Waals surface area contributed by atoms with Gasteiger partial charge in [-0.3, -0.25) is 4.79 Å². The second kappa shape index (κ2) is 9.23. The minimum Gasteiger partial charge on any atom is -0.389 e. The molecule has 1 aliphatic heterocycles. The molecule has 0 spiro atoms. The number of ether oxygens (including phenoxy) is 1. The van der Waals surface area contributed by atoms with E-state index in [1.54, 1.807) is 13.2 Å². The second-order valence-electron chi connectivity index (χ2n) is 6.06. The van der Waals surface area contributed by atoms with Gasteiger partial charge in [0.05, 0.1) is 19.1 Å². The molecular formula is C17H25ClN2O3. The summed E-state index contributed by atoms with van der Waals surface area (Å²) < 4.78 is 4.94. The first-order valence-corrected chi connectivity index (χ1v) is 8.38. The van der Waals surface area contributed by atoms with Gasteiger partial charge in [-0.1, -0.05) is 23.7 Å². The number of halogens is 1. The molecule has 1 fully saturated rings. The van der Waals surface area contributed by atoms with Gasteiger partial charge in [-0.2, -0.15) is 0 Å². The van der Waals surface area contributed by atoms with Crippen molar-refractivity contribution in [2.75, 3.05) is 33.4 Å². The van der Waals surface area contributed by atoms with Gasteiger partial charge in [-0.05, 0) is 30.5 Å². The Balaban J connectivity index is 1.70. The van der Waals surface area contributed by atoms with Gasteiger partial charge >= 0.3 is 0 Å². The summed E-state index contributed by atoms with van der Waals surface area (Å²) in [5.74, 6) is 0.0325. The third kappa shape index (κ3) is 6.47. The number of aliphatic hydroxyl groups is 1. The number of hydrogen-bond donors (Lipinski definition) is 2. The van der Waals surface area contributed by atoms with E-state index in [1.165, 1.54) is 0 Å². The van der Waals surface area contributed by atoms with Crippen molar-refractivity contribution in [1.29, 1.82) is 0 Å². The Bertz CT molecular complexity index is 504. The normalized spacial score (nSPS) is 17.9. The highest BCUT2D eigenvalue weighted by atomic mass is 35.5. The summed E-state index contributed by atoms with van der Waals surface area (Å²) in [5, 5.41) is 13.5. The van der Waals surface area contributed by atoms with E-state index >= 15 is 0 Å². The van der Waals surface area contributed by atoms with Crippen molar-refractivity contribution in [1.82, 2.24) is 10.2 Å². The number of piperidine rings is 1. The molecule has 1 aromatic rings. The first-order valence-electron chi connectivity index (χ1n) is 8.00. The first kappa shape index (κ1) is 18.2. The largest absolute Gasteiger partial charge is 0.389 e. The number of carbonyl (C=O) groups is 1. The van der Waals surface area contributed by atoms with Crippen LogP contribution in [0.15, 0.2) is 24.3 Å². The highest BCUT2D eigenvalue weighted by Crippen LogP contribution is 2.13. The van der Waals surface area contributed by atoms with Crippen LogP contribution < -0.4 is 5.32 Å². The van der Waals surface area contributed by atoms with Crippen LogP contribution in [0, 0.1) is 0 Å². The maximum Gasteiger partial charge on any atom is 0.224 e. The number of nitrogens with zero attached hydrogens (tertiary/aromatic N) is 1. The SMILES string of the molecule is COCC(O)CN1CCC(NC(=O)Cc2cccc(Cl)c2)CC1. The zero-order valence-corrected chi connectivity index (χ0v) is 14.3. The molecule has 23 heavy (non-hydrogen) atoms. The predicted molar refractivity (Wildman–Crippen MR) is 90.6 cm³/mol. The van der Waals surface area contributed by atoms with Gasteiger partial charge in [0.1, 0.15) is 0 Å². The van der Waals surface area contributed by atoms with Crippen molar-refractivity contribution in [3.63, 3.8) is 0 Å². The van der Waals surface area contributed by atoms with Crippen LogP contribution in [0.3, 0.4) is 0 Å². The lowest BCUT2D eigenvalue weighted by Crippen LogP contribution is -2.47. The minimum absolute atomic E-state index is 0.0325. The van der Waals surface area contributed by atoms with Gasteiger partial charge in [0.2, 0.25) is 5.91 Å². The summed E-state index contributed by atoms with van der Waals surface area (Å²) >= 11 is 5.93. The zero-order valence-electron chi connectivity index (χ0n) is 13.5. The van der Waals surface area contributed by atoms with E-state index in [-0.39, 0.29) is 11.9 Å². The van der Waals surface area contributed by atoms with E-state index in [4.69, 9.17) is 16.3 Å². The van der Waals surface area contributed by atoms with Crippen LogP contribution in [0.2, 0.25) is 5.02 Å². The van der Waals surface area contributed by atoms with E-state index < -0.39 is 6.10 Å². The fourth-order valence-electron chi connectivity index (χ4n) is 2.91. The first-order chi connectivity index (χ1) is 11.1. The number of β-amino-alcohol motifs (C(OH)–C–C–N with tert-alkyl or cyclic N) is 1. The molecule has 0 radical (unpaired) electrons. The number of rotatable bonds is 7. The standard InChI is InChI=1S/C17H25ClN2O3/c1-23-12-16(21)11-20-7-5-15(6-8-20)19-17(22)10-13-3-2-4-14(18)9-13/h2-4,9,15-16,21H,5-8,10-12H2,1H3,(H,19,22). The van der Waals surface area contributed by atoms with Crippen molar-refractivity contribution < 1.29 is 14.6 Å². The van der Waals surface area contributed by atoms with Crippen molar-refractivity contribution in [2.24, 2.45) is 0 Å². The van der Waals surface area contributed by atoms with Crippen molar-refractivity contribution in [2.45, 2.75) is 31.4 Å². The lowest BCUT2D eigenvalue weighted by molar-refractivity contribution is -0.121. The van der Waals surface area contributed by atoms with Crippen LogP contribution in [-0.4, -0.2) is 61.4 Å². The summed E-state index contributed by atoms with van der Waals surface area (Å²) in [6.07, 6.45) is 1.71. The van der Waals surface area contributed by atoms with Gasteiger partial charge in [-0.15, -0.1) is 0 Å². The highest BCUT2D eigenvalue weighted by Gasteiger charge is 2.22. The molecule has 1 heterocycles. The average molecular weight is 341 g/mol. The molecule has 1 aliphatic rings. The maximum atomic E-state index is 12.1. The summed E-state index contributed by atoms with van der Waals surface area (Å²) in [5.41, 5.74) is 0.926. The van der Waals surface area contributed by atoms with Gasteiger partial charge < -0.3 is 20.1 Å². The lowest BCUT2D eigenvalue weighted by atomic mass is 10.0. The number of hydrogen-bond acceptors (Lipinski definition) is 4. The summed E-state index contributed by atoms with van der Waals surface area (Å²) in [4.78, 5) is 14.3. The van der Waals surface area contributed by atoms with E-state index in [0.717, 1.165) is 31.5 Å². The molecule has 128 valence electrons. The van der Waals surface area contributed by atoms with Gasteiger partial charge in [0.25, 0.3) is 0 Å². The number of amides is 1. The smallest absolute Gasteiger partial charge is 0.224 e. The fourth-order valence-corrected chi connectivity index (χ4v) is 3.13. The van der Waals surface area contributed by atoms with Crippen molar-refractivity contribution in [3.05, 3.63) is 34.9 Å². The average Bonchev–Trinajstić information content (AvgIpc) is 2.49. The molecule has 6 heteroatoms. The monoisotopic (exact) mass is 340 g/mol. The fraction of sp³-hybridized carbons (Fsp3) is 0.588. The van der Waals surface area contributed by atoms with Crippen LogP contribution in [0.5, 0.6) is 0 Å². The van der Waals surface area contributed by atoms with Crippen molar-refractivity contribution >= 4 is 17.5 Å². The van der Waals surface area contributed by atoms with Crippen LogP contribution >= 0.6 is 11.6 Å². The molecule has 0 aromatic heterocycles. The Morgan fingerprint density at radius 1 is 1.48 bits per heavy atom. The molecule has 1 saturated heterocycles. The summed E-state index contributed by atoms with van der Waals surface area (Å²) in [6.45, 7) is 2.74. The van der Waals surface area contributed by atoms with Gasteiger partial charge in [0, 0.05) is 37.8 Å². The summed E-state index contributed by atoms with van der Waals surface area (Å²) in [6, 6.07) is 7.59. The molecule has 2 N–H and O–H groups in total. The third-order valence-corrected chi connectivity index (χ3v) is 4.27.